The van der Waals surface area contributed by atoms with Crippen molar-refractivity contribution < 1.29 is 9.59 Å². The van der Waals surface area contributed by atoms with Gasteiger partial charge in [0.05, 0.1) is 11.3 Å². The number of benzene rings is 1. The van der Waals surface area contributed by atoms with Crippen molar-refractivity contribution in [3.05, 3.63) is 47.3 Å². The maximum Gasteiger partial charge on any atom is 0.257 e. The van der Waals surface area contributed by atoms with Crippen molar-refractivity contribution >= 4 is 34.2 Å². The highest BCUT2D eigenvalue weighted by molar-refractivity contribution is 6.06. The smallest absolute Gasteiger partial charge is 0.257 e. The zero-order chi connectivity index (χ0) is 18.1. The van der Waals surface area contributed by atoms with E-state index in [1.54, 1.807) is 22.9 Å². The first-order valence-corrected chi connectivity index (χ1v) is 7.84. The van der Waals surface area contributed by atoms with E-state index in [9.17, 15) is 9.59 Å². The average Bonchev–Trinajstić information content (AvgIpc) is 2.84. The number of carbonyl (C=O) groups excluding carboxylic acids is 2. The molecule has 2 heterocycles. The van der Waals surface area contributed by atoms with E-state index in [-0.39, 0.29) is 11.8 Å². The van der Waals surface area contributed by atoms with Crippen LogP contribution < -0.4 is 10.6 Å². The van der Waals surface area contributed by atoms with E-state index in [0.717, 1.165) is 22.3 Å². The van der Waals surface area contributed by atoms with Gasteiger partial charge in [0.25, 0.3) is 5.91 Å². The third-order valence-corrected chi connectivity index (χ3v) is 3.93. The van der Waals surface area contributed by atoms with Crippen LogP contribution in [0.2, 0.25) is 0 Å². The third kappa shape index (κ3) is 3.35. The number of hydrogen-bond donors (Lipinski definition) is 2. The number of aromatic nitrogens is 3. The van der Waals surface area contributed by atoms with Crippen molar-refractivity contribution in [2.45, 2.75) is 20.8 Å². The van der Waals surface area contributed by atoms with Crippen LogP contribution in [0.3, 0.4) is 0 Å². The van der Waals surface area contributed by atoms with Crippen LogP contribution in [0.1, 0.15) is 28.5 Å². The van der Waals surface area contributed by atoms with Crippen LogP contribution in [0.25, 0.3) is 11.0 Å². The Hall–Kier alpha value is -3.22. The molecular formula is C18H19N5O2. The highest BCUT2D eigenvalue weighted by Gasteiger charge is 2.12. The molecule has 0 radical (unpaired) electrons. The lowest BCUT2D eigenvalue weighted by molar-refractivity contribution is -0.114. The Morgan fingerprint density at radius 1 is 1.12 bits per heavy atom. The lowest BCUT2D eigenvalue weighted by atomic mass is 10.1. The van der Waals surface area contributed by atoms with Crippen molar-refractivity contribution in [2.24, 2.45) is 7.05 Å². The predicted octanol–water partition coefficient (Wildman–Crippen LogP) is 2.80. The Balaban J connectivity index is 1.87. The first-order valence-electron chi connectivity index (χ1n) is 7.84. The van der Waals surface area contributed by atoms with Crippen molar-refractivity contribution in [3.63, 3.8) is 0 Å². The molecule has 0 saturated heterocycles. The second-order valence-corrected chi connectivity index (χ2v) is 5.97. The first kappa shape index (κ1) is 16.6. The van der Waals surface area contributed by atoms with Crippen LogP contribution in [0.4, 0.5) is 11.4 Å². The maximum atomic E-state index is 12.5. The van der Waals surface area contributed by atoms with Crippen molar-refractivity contribution in [1.82, 2.24) is 14.8 Å². The molecule has 0 aliphatic carbocycles. The molecule has 3 aromatic rings. The second kappa shape index (κ2) is 6.35. The zero-order valence-corrected chi connectivity index (χ0v) is 14.5. The molecule has 0 spiro atoms. The van der Waals surface area contributed by atoms with E-state index in [0.29, 0.717) is 16.9 Å². The van der Waals surface area contributed by atoms with E-state index in [2.05, 4.69) is 20.7 Å². The number of rotatable bonds is 3. The average molecular weight is 337 g/mol. The molecule has 0 atom stereocenters. The topological polar surface area (TPSA) is 88.9 Å². The number of hydrogen-bond acceptors (Lipinski definition) is 4. The summed E-state index contributed by atoms with van der Waals surface area (Å²) in [4.78, 5) is 28.1. The van der Waals surface area contributed by atoms with Gasteiger partial charge in [-0.15, -0.1) is 0 Å². The fraction of sp³-hybridized carbons (Fsp3) is 0.222. The van der Waals surface area contributed by atoms with Gasteiger partial charge < -0.3 is 10.6 Å². The Bertz CT molecular complexity index is 991. The quantitative estimate of drug-likeness (QED) is 0.769. The van der Waals surface area contributed by atoms with Gasteiger partial charge in [-0.1, -0.05) is 6.07 Å². The van der Waals surface area contributed by atoms with Gasteiger partial charge in [0.2, 0.25) is 5.91 Å². The molecule has 7 heteroatoms. The fourth-order valence-corrected chi connectivity index (χ4v) is 2.66. The maximum absolute atomic E-state index is 12.5. The van der Waals surface area contributed by atoms with Crippen LogP contribution in [-0.2, 0) is 11.8 Å². The van der Waals surface area contributed by atoms with E-state index < -0.39 is 0 Å². The molecule has 2 amide bonds. The largest absolute Gasteiger partial charge is 0.326 e. The number of amides is 2. The number of nitrogens with zero attached hydrogens (tertiary/aromatic N) is 3. The van der Waals surface area contributed by atoms with E-state index >= 15 is 0 Å². The third-order valence-electron chi connectivity index (χ3n) is 3.93. The number of fused-ring (bicyclic) bond motifs is 1. The van der Waals surface area contributed by atoms with Crippen LogP contribution in [0.5, 0.6) is 0 Å². The number of nitrogens with one attached hydrogen (secondary N) is 2. The summed E-state index contributed by atoms with van der Waals surface area (Å²) in [6.45, 7) is 5.22. The summed E-state index contributed by atoms with van der Waals surface area (Å²) in [7, 11) is 1.82. The minimum Gasteiger partial charge on any atom is -0.326 e. The standard InChI is InChI=1S/C18H19N5O2/c1-10-5-6-14(8-16(10)20-12(3)24)21-18(25)13-7-15-11(2)22-23(4)17(15)19-9-13/h5-9H,1-4H3,(H,20,24)(H,21,25). The van der Waals surface area contributed by atoms with Gasteiger partial charge in [0.1, 0.15) is 0 Å². The Morgan fingerprint density at radius 2 is 1.88 bits per heavy atom. The van der Waals surface area contributed by atoms with Crippen LogP contribution >= 0.6 is 0 Å². The molecule has 0 aliphatic rings. The van der Waals surface area contributed by atoms with E-state index in [1.807, 2.05) is 27.0 Å². The molecule has 2 aromatic heterocycles. The number of aryl methyl sites for hydroxylation is 3. The molecular weight excluding hydrogens is 318 g/mol. The highest BCUT2D eigenvalue weighted by Crippen LogP contribution is 2.22. The summed E-state index contributed by atoms with van der Waals surface area (Å²) in [5, 5.41) is 10.7. The highest BCUT2D eigenvalue weighted by atomic mass is 16.2. The second-order valence-electron chi connectivity index (χ2n) is 5.97. The lowest BCUT2D eigenvalue weighted by Gasteiger charge is -2.10. The molecule has 1 aromatic carbocycles. The van der Waals surface area contributed by atoms with Gasteiger partial charge >= 0.3 is 0 Å². The Morgan fingerprint density at radius 3 is 2.60 bits per heavy atom. The monoisotopic (exact) mass is 337 g/mol. The molecule has 7 nitrogen and oxygen atoms in total. The summed E-state index contributed by atoms with van der Waals surface area (Å²) < 4.78 is 1.69. The summed E-state index contributed by atoms with van der Waals surface area (Å²) in [6, 6.07) is 7.15. The van der Waals surface area contributed by atoms with Crippen molar-refractivity contribution in [3.8, 4) is 0 Å². The Kier molecular flexibility index (Phi) is 4.22. The fourth-order valence-electron chi connectivity index (χ4n) is 2.66. The Labute approximate surface area is 145 Å². The van der Waals surface area contributed by atoms with Crippen molar-refractivity contribution in [2.75, 3.05) is 10.6 Å². The summed E-state index contributed by atoms with van der Waals surface area (Å²) in [5.74, 6) is -0.427. The SMILES string of the molecule is CC(=O)Nc1cc(NC(=O)c2cnc3c(c2)c(C)nn3C)ccc1C. The molecule has 0 fully saturated rings. The van der Waals surface area contributed by atoms with E-state index in [4.69, 9.17) is 0 Å². The molecule has 25 heavy (non-hydrogen) atoms. The summed E-state index contributed by atoms with van der Waals surface area (Å²) in [5.41, 5.74) is 4.19. The first-order chi connectivity index (χ1) is 11.8. The molecule has 0 bridgehead atoms. The van der Waals surface area contributed by atoms with Gasteiger partial charge in [0.15, 0.2) is 5.65 Å². The normalized spacial score (nSPS) is 10.7. The predicted molar refractivity (Wildman–Crippen MR) is 96.7 cm³/mol. The van der Waals surface area contributed by atoms with Gasteiger partial charge in [-0.3, -0.25) is 14.3 Å². The lowest BCUT2D eigenvalue weighted by Crippen LogP contribution is -2.13. The van der Waals surface area contributed by atoms with Gasteiger partial charge in [-0.05, 0) is 37.6 Å². The molecule has 0 aliphatic heterocycles. The van der Waals surface area contributed by atoms with Gasteiger partial charge in [-0.2, -0.15) is 5.10 Å². The summed E-state index contributed by atoms with van der Waals surface area (Å²) in [6.07, 6.45) is 1.53. The zero-order valence-electron chi connectivity index (χ0n) is 14.5. The molecule has 128 valence electrons. The van der Waals surface area contributed by atoms with Gasteiger partial charge in [0, 0.05) is 36.9 Å². The minimum atomic E-state index is -0.268. The molecule has 2 N–H and O–H groups in total. The molecule has 0 saturated carbocycles. The number of anilines is 2. The van der Waals surface area contributed by atoms with Crippen LogP contribution in [-0.4, -0.2) is 26.6 Å². The molecule has 3 rings (SSSR count). The number of carbonyl (C=O) groups is 2. The molecule has 0 unspecified atom stereocenters. The van der Waals surface area contributed by atoms with Crippen LogP contribution in [0, 0.1) is 13.8 Å². The summed E-state index contributed by atoms with van der Waals surface area (Å²) >= 11 is 0. The van der Waals surface area contributed by atoms with Crippen LogP contribution in [0.15, 0.2) is 30.5 Å². The van der Waals surface area contributed by atoms with Gasteiger partial charge in [-0.25, -0.2) is 4.98 Å². The minimum absolute atomic E-state index is 0.159. The number of pyridine rings is 1. The van der Waals surface area contributed by atoms with E-state index in [1.165, 1.54) is 13.1 Å². The van der Waals surface area contributed by atoms with Crippen molar-refractivity contribution in [1.29, 1.82) is 0 Å².